The standard InChI is InChI=1S/C10H21N3O/c1-4-11-10(14)13(3)9-5-7-12(2)8-6-9/h9H,4-8H2,1-3H3,(H,11,14). The van der Waals surface area contributed by atoms with E-state index in [-0.39, 0.29) is 6.03 Å². The number of carbonyl (C=O) groups is 1. The molecule has 0 atom stereocenters. The van der Waals surface area contributed by atoms with Crippen molar-refractivity contribution in [3.8, 4) is 0 Å². The molecule has 2 amide bonds. The molecule has 4 heteroatoms. The van der Waals surface area contributed by atoms with Gasteiger partial charge < -0.3 is 15.1 Å². The third kappa shape index (κ3) is 2.87. The first-order valence-electron chi connectivity index (χ1n) is 5.34. The highest BCUT2D eigenvalue weighted by atomic mass is 16.2. The molecule has 0 saturated carbocycles. The molecule has 0 aromatic carbocycles. The minimum Gasteiger partial charge on any atom is -0.338 e. The lowest BCUT2D eigenvalue weighted by Gasteiger charge is -2.34. The summed E-state index contributed by atoms with van der Waals surface area (Å²) in [4.78, 5) is 15.7. The summed E-state index contributed by atoms with van der Waals surface area (Å²) in [5, 5.41) is 2.83. The minimum atomic E-state index is 0.0575. The zero-order chi connectivity index (χ0) is 10.6. The molecule has 82 valence electrons. The fourth-order valence-electron chi connectivity index (χ4n) is 1.82. The number of urea groups is 1. The summed E-state index contributed by atoms with van der Waals surface area (Å²) in [5.74, 6) is 0. The van der Waals surface area contributed by atoms with Gasteiger partial charge in [0.1, 0.15) is 0 Å². The molecule has 0 aromatic heterocycles. The van der Waals surface area contributed by atoms with Crippen molar-refractivity contribution in [2.24, 2.45) is 0 Å². The Kier molecular flexibility index (Phi) is 4.20. The van der Waals surface area contributed by atoms with Crippen molar-refractivity contribution in [2.45, 2.75) is 25.8 Å². The fraction of sp³-hybridized carbons (Fsp3) is 0.900. The van der Waals surface area contributed by atoms with Gasteiger partial charge in [0, 0.05) is 19.6 Å². The van der Waals surface area contributed by atoms with Crippen LogP contribution in [-0.4, -0.2) is 55.6 Å². The molecular weight excluding hydrogens is 178 g/mol. The molecule has 0 spiro atoms. The van der Waals surface area contributed by atoms with E-state index in [0.717, 1.165) is 25.9 Å². The Morgan fingerprint density at radius 3 is 2.57 bits per heavy atom. The van der Waals surface area contributed by atoms with E-state index in [2.05, 4.69) is 17.3 Å². The smallest absolute Gasteiger partial charge is 0.317 e. The molecule has 0 radical (unpaired) electrons. The second-order valence-electron chi connectivity index (χ2n) is 3.98. The highest BCUT2D eigenvalue weighted by molar-refractivity contribution is 5.74. The van der Waals surface area contributed by atoms with E-state index >= 15 is 0 Å². The van der Waals surface area contributed by atoms with Crippen LogP contribution in [0.25, 0.3) is 0 Å². The van der Waals surface area contributed by atoms with Crippen molar-refractivity contribution in [1.82, 2.24) is 15.1 Å². The van der Waals surface area contributed by atoms with Gasteiger partial charge in [-0.05, 0) is 39.9 Å². The lowest BCUT2D eigenvalue weighted by Crippen LogP contribution is -2.48. The topological polar surface area (TPSA) is 35.6 Å². The van der Waals surface area contributed by atoms with E-state index in [1.807, 2.05) is 18.9 Å². The van der Waals surface area contributed by atoms with Gasteiger partial charge >= 0.3 is 6.03 Å². The maximum atomic E-state index is 11.5. The highest BCUT2D eigenvalue weighted by Crippen LogP contribution is 2.13. The number of hydrogen-bond acceptors (Lipinski definition) is 2. The quantitative estimate of drug-likeness (QED) is 0.712. The van der Waals surface area contributed by atoms with Crippen molar-refractivity contribution in [3.05, 3.63) is 0 Å². The second kappa shape index (κ2) is 5.20. The number of piperidine rings is 1. The average Bonchev–Trinajstić information content (AvgIpc) is 2.18. The van der Waals surface area contributed by atoms with Gasteiger partial charge in [-0.15, -0.1) is 0 Å². The van der Waals surface area contributed by atoms with E-state index in [1.165, 1.54) is 0 Å². The lowest BCUT2D eigenvalue weighted by atomic mass is 10.0. The fourth-order valence-corrected chi connectivity index (χ4v) is 1.82. The number of nitrogens with zero attached hydrogens (tertiary/aromatic N) is 2. The van der Waals surface area contributed by atoms with Crippen molar-refractivity contribution in [2.75, 3.05) is 33.7 Å². The zero-order valence-electron chi connectivity index (χ0n) is 9.42. The molecule has 1 heterocycles. The van der Waals surface area contributed by atoms with Crippen LogP contribution in [-0.2, 0) is 0 Å². The third-order valence-corrected chi connectivity index (χ3v) is 2.88. The second-order valence-corrected chi connectivity index (χ2v) is 3.98. The normalized spacial score (nSPS) is 19.4. The third-order valence-electron chi connectivity index (χ3n) is 2.88. The summed E-state index contributed by atoms with van der Waals surface area (Å²) in [6.45, 7) is 4.83. The van der Waals surface area contributed by atoms with Crippen LogP contribution >= 0.6 is 0 Å². The number of amides is 2. The summed E-state index contributed by atoms with van der Waals surface area (Å²) in [5.41, 5.74) is 0. The Morgan fingerprint density at radius 1 is 1.50 bits per heavy atom. The number of carbonyl (C=O) groups excluding carboxylic acids is 1. The van der Waals surface area contributed by atoms with Gasteiger partial charge in [-0.25, -0.2) is 4.79 Å². The molecule has 1 aliphatic heterocycles. The van der Waals surface area contributed by atoms with Crippen molar-refractivity contribution in [1.29, 1.82) is 0 Å². The predicted molar refractivity (Wildman–Crippen MR) is 57.4 cm³/mol. The van der Waals surface area contributed by atoms with Crippen LogP contribution in [0.4, 0.5) is 4.79 Å². The maximum absolute atomic E-state index is 11.5. The summed E-state index contributed by atoms with van der Waals surface area (Å²) in [7, 11) is 4.02. The molecule has 14 heavy (non-hydrogen) atoms. The van der Waals surface area contributed by atoms with Gasteiger partial charge in [-0.2, -0.15) is 0 Å². The minimum absolute atomic E-state index is 0.0575. The van der Waals surface area contributed by atoms with Gasteiger partial charge in [0.25, 0.3) is 0 Å². The highest BCUT2D eigenvalue weighted by Gasteiger charge is 2.23. The predicted octanol–water partition coefficient (Wildman–Crippen LogP) is 0.742. The average molecular weight is 199 g/mol. The van der Waals surface area contributed by atoms with Crippen molar-refractivity contribution < 1.29 is 4.79 Å². The first-order valence-corrected chi connectivity index (χ1v) is 5.34. The maximum Gasteiger partial charge on any atom is 0.317 e. The summed E-state index contributed by atoms with van der Waals surface area (Å²) in [6.07, 6.45) is 2.17. The van der Waals surface area contributed by atoms with E-state index in [1.54, 1.807) is 0 Å². The Bertz CT molecular complexity index is 188. The summed E-state index contributed by atoms with van der Waals surface area (Å²) >= 11 is 0. The Labute approximate surface area is 86.2 Å². The molecule has 0 aliphatic carbocycles. The number of likely N-dealkylation sites (tertiary alicyclic amines) is 1. The van der Waals surface area contributed by atoms with Crippen molar-refractivity contribution in [3.63, 3.8) is 0 Å². The number of nitrogens with one attached hydrogen (secondary N) is 1. The molecule has 1 rings (SSSR count). The van der Waals surface area contributed by atoms with Gasteiger partial charge in [0.2, 0.25) is 0 Å². The largest absolute Gasteiger partial charge is 0.338 e. The van der Waals surface area contributed by atoms with Crippen LogP contribution in [0.1, 0.15) is 19.8 Å². The van der Waals surface area contributed by atoms with Gasteiger partial charge in [0.05, 0.1) is 0 Å². The van der Waals surface area contributed by atoms with Crippen LogP contribution in [0.3, 0.4) is 0 Å². The molecule has 0 unspecified atom stereocenters. The van der Waals surface area contributed by atoms with E-state index in [4.69, 9.17) is 0 Å². The SMILES string of the molecule is CCNC(=O)N(C)C1CCN(C)CC1. The summed E-state index contributed by atoms with van der Waals surface area (Å²) < 4.78 is 0. The molecular formula is C10H21N3O. The van der Waals surface area contributed by atoms with Crippen LogP contribution in [0.2, 0.25) is 0 Å². The van der Waals surface area contributed by atoms with Gasteiger partial charge in [-0.3, -0.25) is 0 Å². The lowest BCUT2D eigenvalue weighted by molar-refractivity contribution is 0.148. The van der Waals surface area contributed by atoms with Crippen molar-refractivity contribution >= 4 is 6.03 Å². The number of hydrogen-bond donors (Lipinski definition) is 1. The van der Waals surface area contributed by atoms with Gasteiger partial charge in [-0.1, -0.05) is 0 Å². The molecule has 4 nitrogen and oxygen atoms in total. The monoisotopic (exact) mass is 199 g/mol. The van der Waals surface area contributed by atoms with E-state index in [9.17, 15) is 4.79 Å². The van der Waals surface area contributed by atoms with Gasteiger partial charge in [0.15, 0.2) is 0 Å². The first kappa shape index (κ1) is 11.3. The molecule has 0 bridgehead atoms. The van der Waals surface area contributed by atoms with Crippen LogP contribution in [0.15, 0.2) is 0 Å². The Balaban J connectivity index is 2.37. The van der Waals surface area contributed by atoms with Crippen LogP contribution < -0.4 is 5.32 Å². The first-order chi connectivity index (χ1) is 6.65. The summed E-state index contributed by atoms with van der Waals surface area (Å²) in [6, 6.07) is 0.472. The van der Waals surface area contributed by atoms with E-state index in [0.29, 0.717) is 12.6 Å². The molecule has 1 aliphatic rings. The molecule has 1 saturated heterocycles. The van der Waals surface area contributed by atoms with Crippen LogP contribution in [0.5, 0.6) is 0 Å². The molecule has 0 aromatic rings. The number of rotatable bonds is 2. The zero-order valence-corrected chi connectivity index (χ0v) is 9.42. The Hall–Kier alpha value is -0.770. The van der Waals surface area contributed by atoms with E-state index < -0.39 is 0 Å². The molecule has 1 N–H and O–H groups in total. The Morgan fingerprint density at radius 2 is 2.07 bits per heavy atom. The van der Waals surface area contributed by atoms with Crippen LogP contribution in [0, 0.1) is 0 Å². The molecule has 1 fully saturated rings.